The Morgan fingerprint density at radius 2 is 1.87 bits per heavy atom. The van der Waals surface area contributed by atoms with E-state index >= 15 is 0 Å². The van der Waals surface area contributed by atoms with Gasteiger partial charge in [-0.2, -0.15) is 0 Å². The fraction of sp³-hybridized carbons (Fsp3) is 0.348. The van der Waals surface area contributed by atoms with Crippen LogP contribution in [-0.4, -0.2) is 53.8 Å². The van der Waals surface area contributed by atoms with E-state index in [1.165, 1.54) is 11.0 Å². The molecule has 30 heavy (non-hydrogen) atoms. The molecule has 2 aliphatic rings. The SMILES string of the molecule is CC(c1ccc(Cl)cc1)N(C)C(=O)c1ccc2c(c1)C(=O)N(CC1CCCO1)C2=O. The molecule has 0 radical (unpaired) electrons. The average Bonchev–Trinajstić information content (AvgIpc) is 3.35. The number of rotatable bonds is 5. The van der Waals surface area contributed by atoms with E-state index in [2.05, 4.69) is 0 Å². The first-order chi connectivity index (χ1) is 14.4. The quantitative estimate of drug-likeness (QED) is 0.679. The van der Waals surface area contributed by atoms with Gasteiger partial charge in [0.1, 0.15) is 0 Å². The van der Waals surface area contributed by atoms with Crippen LogP contribution >= 0.6 is 11.6 Å². The maximum atomic E-state index is 13.0. The zero-order valence-electron chi connectivity index (χ0n) is 16.9. The fourth-order valence-corrected chi connectivity index (χ4v) is 4.05. The Labute approximate surface area is 180 Å². The molecule has 7 heteroatoms. The lowest BCUT2D eigenvalue weighted by atomic mass is 10.0. The molecule has 0 N–H and O–H groups in total. The smallest absolute Gasteiger partial charge is 0.261 e. The second-order valence-electron chi connectivity index (χ2n) is 7.76. The van der Waals surface area contributed by atoms with Crippen LogP contribution in [0.3, 0.4) is 0 Å². The van der Waals surface area contributed by atoms with Crippen molar-refractivity contribution in [2.45, 2.75) is 31.9 Å². The zero-order chi connectivity index (χ0) is 21.4. The van der Waals surface area contributed by atoms with Crippen molar-refractivity contribution in [3.05, 3.63) is 69.7 Å². The third kappa shape index (κ3) is 3.73. The molecule has 4 rings (SSSR count). The number of halogens is 1. The highest BCUT2D eigenvalue weighted by atomic mass is 35.5. The first kappa shape index (κ1) is 20.6. The molecular weight excluding hydrogens is 404 g/mol. The minimum atomic E-state index is -0.367. The summed E-state index contributed by atoms with van der Waals surface area (Å²) in [6, 6.07) is 11.8. The van der Waals surface area contributed by atoms with Crippen molar-refractivity contribution in [3.8, 4) is 0 Å². The summed E-state index contributed by atoms with van der Waals surface area (Å²) in [6.45, 7) is 2.83. The highest BCUT2D eigenvalue weighted by Gasteiger charge is 2.38. The van der Waals surface area contributed by atoms with Crippen LogP contribution in [0, 0.1) is 0 Å². The molecular formula is C23H23ClN2O4. The van der Waals surface area contributed by atoms with Crippen molar-refractivity contribution < 1.29 is 19.1 Å². The van der Waals surface area contributed by atoms with Crippen molar-refractivity contribution in [2.75, 3.05) is 20.2 Å². The van der Waals surface area contributed by atoms with Gasteiger partial charge >= 0.3 is 0 Å². The van der Waals surface area contributed by atoms with Gasteiger partial charge in [0.15, 0.2) is 0 Å². The molecule has 2 atom stereocenters. The van der Waals surface area contributed by atoms with E-state index in [-0.39, 0.29) is 42.0 Å². The molecule has 2 aromatic carbocycles. The molecule has 2 heterocycles. The van der Waals surface area contributed by atoms with Crippen molar-refractivity contribution >= 4 is 29.3 Å². The number of benzene rings is 2. The maximum absolute atomic E-state index is 13.0. The Morgan fingerprint density at radius 3 is 2.53 bits per heavy atom. The summed E-state index contributed by atoms with van der Waals surface area (Å²) >= 11 is 5.95. The Bertz CT molecular complexity index is 999. The molecule has 2 aliphatic heterocycles. The van der Waals surface area contributed by atoms with Gasteiger partial charge in [-0.3, -0.25) is 19.3 Å². The molecule has 0 saturated carbocycles. The average molecular weight is 427 g/mol. The Balaban J connectivity index is 1.53. The predicted molar refractivity (Wildman–Crippen MR) is 113 cm³/mol. The van der Waals surface area contributed by atoms with Crippen LogP contribution in [-0.2, 0) is 4.74 Å². The summed E-state index contributed by atoms with van der Waals surface area (Å²) in [5.41, 5.74) is 1.93. The van der Waals surface area contributed by atoms with Crippen LogP contribution < -0.4 is 0 Å². The van der Waals surface area contributed by atoms with Gasteiger partial charge in [-0.05, 0) is 55.7 Å². The van der Waals surface area contributed by atoms with Crippen LogP contribution in [0.5, 0.6) is 0 Å². The van der Waals surface area contributed by atoms with Gasteiger partial charge in [0.2, 0.25) is 0 Å². The number of imide groups is 1. The maximum Gasteiger partial charge on any atom is 0.261 e. The topological polar surface area (TPSA) is 66.9 Å². The fourth-order valence-electron chi connectivity index (χ4n) is 3.93. The van der Waals surface area contributed by atoms with Gasteiger partial charge in [-0.1, -0.05) is 23.7 Å². The number of hydrogen-bond donors (Lipinski definition) is 0. The number of carbonyl (C=O) groups is 3. The van der Waals surface area contributed by atoms with Crippen molar-refractivity contribution in [1.29, 1.82) is 0 Å². The van der Waals surface area contributed by atoms with Crippen LogP contribution in [0.4, 0.5) is 0 Å². The van der Waals surface area contributed by atoms with Crippen LogP contribution in [0.2, 0.25) is 5.02 Å². The summed E-state index contributed by atoms with van der Waals surface area (Å²) in [7, 11) is 1.71. The third-order valence-corrected chi connectivity index (χ3v) is 6.13. The van der Waals surface area contributed by atoms with Gasteiger partial charge in [0.25, 0.3) is 17.7 Å². The lowest BCUT2D eigenvalue weighted by Crippen LogP contribution is -2.36. The molecule has 0 aliphatic carbocycles. The largest absolute Gasteiger partial charge is 0.376 e. The highest BCUT2D eigenvalue weighted by molar-refractivity contribution is 6.30. The Morgan fingerprint density at radius 1 is 1.17 bits per heavy atom. The number of ether oxygens (including phenoxy) is 1. The van der Waals surface area contributed by atoms with E-state index in [0.717, 1.165) is 18.4 Å². The van der Waals surface area contributed by atoms with E-state index < -0.39 is 0 Å². The summed E-state index contributed by atoms with van der Waals surface area (Å²) in [4.78, 5) is 41.4. The van der Waals surface area contributed by atoms with E-state index in [1.807, 2.05) is 19.1 Å². The van der Waals surface area contributed by atoms with Crippen molar-refractivity contribution in [2.24, 2.45) is 0 Å². The Kier molecular flexibility index (Phi) is 5.62. The van der Waals surface area contributed by atoms with E-state index in [9.17, 15) is 14.4 Å². The number of carbonyl (C=O) groups excluding carboxylic acids is 3. The van der Waals surface area contributed by atoms with Gasteiger partial charge in [0, 0.05) is 24.2 Å². The Hall–Kier alpha value is -2.70. The van der Waals surface area contributed by atoms with Gasteiger partial charge in [-0.25, -0.2) is 0 Å². The molecule has 156 valence electrons. The highest BCUT2D eigenvalue weighted by Crippen LogP contribution is 2.28. The minimum Gasteiger partial charge on any atom is -0.376 e. The number of hydrogen-bond acceptors (Lipinski definition) is 4. The first-order valence-corrected chi connectivity index (χ1v) is 10.4. The number of fused-ring (bicyclic) bond motifs is 1. The van der Waals surface area contributed by atoms with Crippen molar-refractivity contribution in [1.82, 2.24) is 9.80 Å². The summed E-state index contributed by atoms with van der Waals surface area (Å²) in [5, 5.41) is 0.634. The molecule has 6 nitrogen and oxygen atoms in total. The third-order valence-electron chi connectivity index (χ3n) is 5.88. The van der Waals surface area contributed by atoms with Crippen LogP contribution in [0.15, 0.2) is 42.5 Å². The molecule has 3 amide bonds. The first-order valence-electron chi connectivity index (χ1n) is 10.0. The van der Waals surface area contributed by atoms with Crippen molar-refractivity contribution in [3.63, 3.8) is 0 Å². The molecule has 0 spiro atoms. The monoisotopic (exact) mass is 426 g/mol. The molecule has 1 fully saturated rings. The molecule has 2 aromatic rings. The van der Waals surface area contributed by atoms with E-state index in [1.54, 1.807) is 36.2 Å². The lowest BCUT2D eigenvalue weighted by Gasteiger charge is -2.25. The molecule has 0 bridgehead atoms. The molecule has 0 aromatic heterocycles. The summed E-state index contributed by atoms with van der Waals surface area (Å²) in [5.74, 6) is -0.918. The van der Waals surface area contributed by atoms with Gasteiger partial charge < -0.3 is 9.64 Å². The van der Waals surface area contributed by atoms with E-state index in [4.69, 9.17) is 16.3 Å². The number of nitrogens with zero attached hydrogens (tertiary/aromatic N) is 2. The normalized spacial score (nSPS) is 19.2. The van der Waals surface area contributed by atoms with E-state index in [0.29, 0.717) is 22.8 Å². The second-order valence-corrected chi connectivity index (χ2v) is 8.20. The van der Waals surface area contributed by atoms with Crippen LogP contribution in [0.25, 0.3) is 0 Å². The summed E-state index contributed by atoms with van der Waals surface area (Å²) in [6.07, 6.45) is 1.66. The molecule has 1 saturated heterocycles. The van der Waals surface area contributed by atoms with Gasteiger partial charge in [-0.15, -0.1) is 0 Å². The summed E-state index contributed by atoms with van der Waals surface area (Å²) < 4.78 is 5.56. The zero-order valence-corrected chi connectivity index (χ0v) is 17.7. The minimum absolute atomic E-state index is 0.111. The van der Waals surface area contributed by atoms with Crippen LogP contribution in [0.1, 0.15) is 62.4 Å². The van der Waals surface area contributed by atoms with Gasteiger partial charge in [0.05, 0.1) is 29.8 Å². The lowest BCUT2D eigenvalue weighted by molar-refractivity contribution is 0.0475. The predicted octanol–water partition coefficient (Wildman–Crippen LogP) is 3.95. The second kappa shape index (κ2) is 8.20. The molecule has 2 unspecified atom stereocenters. The number of amides is 3. The standard InChI is InChI=1S/C23H23ClN2O4/c1-14(15-5-8-17(24)9-6-15)25(2)21(27)16-7-10-19-20(12-16)23(29)26(22(19)28)13-18-4-3-11-30-18/h5-10,12,14,18H,3-4,11,13H2,1-2H3.